The molecule has 0 radical (unpaired) electrons. The number of aliphatic hydroxyl groups is 1. The van der Waals surface area contributed by atoms with Crippen molar-refractivity contribution in [2.45, 2.75) is 51.2 Å². The molecule has 4 N–H and O–H groups in total. The second kappa shape index (κ2) is 9.33. The maximum Gasteiger partial charge on any atom is 0.223 e. The quantitative estimate of drug-likeness (QED) is 0.558. The molecule has 1 aliphatic carbocycles. The summed E-state index contributed by atoms with van der Waals surface area (Å²) >= 11 is 0. The monoisotopic (exact) mass is 333 g/mol. The first kappa shape index (κ1) is 19.2. The van der Waals surface area contributed by atoms with Gasteiger partial charge in [0.2, 0.25) is 11.8 Å². The van der Waals surface area contributed by atoms with Crippen LogP contribution >= 0.6 is 12.4 Å². The van der Waals surface area contributed by atoms with E-state index in [0.717, 1.165) is 32.2 Å². The zero-order valence-corrected chi connectivity index (χ0v) is 14.0. The number of halogens is 1. The van der Waals surface area contributed by atoms with Crippen molar-refractivity contribution in [3.8, 4) is 0 Å². The van der Waals surface area contributed by atoms with Crippen molar-refractivity contribution >= 4 is 24.2 Å². The SMILES string of the molecule is CC(CC(=O)NCC1CNCC1O)NC(=O)C1CCCC1.Cl. The summed E-state index contributed by atoms with van der Waals surface area (Å²) in [6.07, 6.45) is 4.10. The second-order valence-corrected chi connectivity index (χ2v) is 6.38. The van der Waals surface area contributed by atoms with Crippen LogP contribution in [0.2, 0.25) is 0 Å². The molecule has 128 valence electrons. The average Bonchev–Trinajstić information content (AvgIpc) is 3.07. The Morgan fingerprint density at radius 1 is 1.27 bits per heavy atom. The number of carbonyl (C=O) groups excluding carboxylic acids is 2. The molecule has 2 amide bonds. The molecule has 6 nitrogen and oxygen atoms in total. The van der Waals surface area contributed by atoms with Gasteiger partial charge in [-0.15, -0.1) is 12.4 Å². The van der Waals surface area contributed by atoms with Crippen LogP contribution in [0.25, 0.3) is 0 Å². The van der Waals surface area contributed by atoms with Gasteiger partial charge in [0, 0.05) is 43.9 Å². The third kappa shape index (κ3) is 5.74. The van der Waals surface area contributed by atoms with Crippen LogP contribution in [0.3, 0.4) is 0 Å². The number of aliphatic hydroxyl groups excluding tert-OH is 1. The molecule has 7 heteroatoms. The van der Waals surface area contributed by atoms with Gasteiger partial charge in [0.15, 0.2) is 0 Å². The lowest BCUT2D eigenvalue weighted by Crippen LogP contribution is -2.41. The molecular weight excluding hydrogens is 306 g/mol. The highest BCUT2D eigenvalue weighted by molar-refractivity contribution is 5.85. The normalized spacial score (nSPS) is 26.3. The van der Waals surface area contributed by atoms with Crippen LogP contribution < -0.4 is 16.0 Å². The van der Waals surface area contributed by atoms with Crippen LogP contribution in [-0.2, 0) is 9.59 Å². The summed E-state index contributed by atoms with van der Waals surface area (Å²) in [7, 11) is 0. The van der Waals surface area contributed by atoms with E-state index in [1.54, 1.807) is 0 Å². The lowest BCUT2D eigenvalue weighted by molar-refractivity contribution is -0.126. The van der Waals surface area contributed by atoms with Crippen LogP contribution in [0, 0.1) is 11.8 Å². The molecule has 0 aromatic carbocycles. The fourth-order valence-corrected chi connectivity index (χ4v) is 3.12. The smallest absolute Gasteiger partial charge is 0.223 e. The van der Waals surface area contributed by atoms with Gasteiger partial charge in [0.05, 0.1) is 6.10 Å². The second-order valence-electron chi connectivity index (χ2n) is 6.38. The maximum atomic E-state index is 12.0. The van der Waals surface area contributed by atoms with Gasteiger partial charge in [-0.1, -0.05) is 12.8 Å². The van der Waals surface area contributed by atoms with E-state index in [1.165, 1.54) is 0 Å². The summed E-state index contributed by atoms with van der Waals surface area (Å²) in [6.45, 7) is 3.67. The number of β-amino-alcohol motifs (C(OH)–C–C–N with tert-alkyl or cyclic N) is 1. The molecular formula is C15H28ClN3O3. The highest BCUT2D eigenvalue weighted by Gasteiger charge is 2.26. The van der Waals surface area contributed by atoms with Crippen molar-refractivity contribution in [1.82, 2.24) is 16.0 Å². The molecule has 1 saturated carbocycles. The standard InChI is InChI=1S/C15H27N3O3.ClH/c1-10(18-15(21)11-4-2-3-5-11)6-14(20)17-8-12-7-16-9-13(12)19;/h10-13,16,19H,2-9H2,1H3,(H,17,20)(H,18,21);1H. The highest BCUT2D eigenvalue weighted by Crippen LogP contribution is 2.24. The van der Waals surface area contributed by atoms with Crippen molar-refractivity contribution in [1.29, 1.82) is 0 Å². The first-order valence-corrected chi connectivity index (χ1v) is 8.02. The molecule has 1 saturated heterocycles. The Labute approximate surface area is 138 Å². The molecule has 0 aromatic heterocycles. The highest BCUT2D eigenvalue weighted by atomic mass is 35.5. The van der Waals surface area contributed by atoms with Crippen LogP contribution in [0.15, 0.2) is 0 Å². The van der Waals surface area contributed by atoms with Gasteiger partial charge >= 0.3 is 0 Å². The molecule has 1 heterocycles. The number of amides is 2. The summed E-state index contributed by atoms with van der Waals surface area (Å²) in [4.78, 5) is 23.8. The summed E-state index contributed by atoms with van der Waals surface area (Å²) in [5.74, 6) is 0.226. The Balaban J connectivity index is 0.00000242. The Hall–Kier alpha value is -0.850. The number of nitrogens with one attached hydrogen (secondary N) is 3. The topological polar surface area (TPSA) is 90.5 Å². The summed E-state index contributed by atoms with van der Waals surface area (Å²) in [5.41, 5.74) is 0. The van der Waals surface area contributed by atoms with Crippen molar-refractivity contribution in [2.75, 3.05) is 19.6 Å². The minimum Gasteiger partial charge on any atom is -0.391 e. The summed E-state index contributed by atoms with van der Waals surface area (Å²) in [6, 6.07) is -0.148. The van der Waals surface area contributed by atoms with E-state index >= 15 is 0 Å². The first-order chi connectivity index (χ1) is 10.1. The Bertz CT molecular complexity index is 375. The molecule has 3 unspecified atom stereocenters. The molecule has 2 rings (SSSR count). The molecule has 1 aliphatic heterocycles. The predicted octanol–water partition coefficient (Wildman–Crippen LogP) is 0.190. The van der Waals surface area contributed by atoms with Gasteiger partial charge in [-0.3, -0.25) is 9.59 Å². The van der Waals surface area contributed by atoms with E-state index in [2.05, 4.69) is 16.0 Å². The van der Waals surface area contributed by atoms with E-state index in [9.17, 15) is 14.7 Å². The van der Waals surface area contributed by atoms with Crippen molar-refractivity contribution in [3.63, 3.8) is 0 Å². The first-order valence-electron chi connectivity index (χ1n) is 8.02. The van der Waals surface area contributed by atoms with Gasteiger partial charge in [-0.2, -0.15) is 0 Å². The van der Waals surface area contributed by atoms with Crippen molar-refractivity contribution < 1.29 is 14.7 Å². The minimum atomic E-state index is -0.384. The largest absolute Gasteiger partial charge is 0.391 e. The van der Waals surface area contributed by atoms with Gasteiger partial charge in [0.1, 0.15) is 0 Å². The predicted molar refractivity (Wildman–Crippen MR) is 86.8 cm³/mol. The zero-order valence-electron chi connectivity index (χ0n) is 13.1. The third-order valence-electron chi connectivity index (χ3n) is 4.47. The van der Waals surface area contributed by atoms with Crippen molar-refractivity contribution in [3.05, 3.63) is 0 Å². The van der Waals surface area contributed by atoms with Crippen LogP contribution in [0.1, 0.15) is 39.0 Å². The number of hydrogen-bond donors (Lipinski definition) is 4. The lowest BCUT2D eigenvalue weighted by Gasteiger charge is -2.18. The molecule has 3 atom stereocenters. The Kier molecular flexibility index (Phi) is 8.14. The van der Waals surface area contributed by atoms with Gasteiger partial charge in [-0.05, 0) is 19.8 Å². The Morgan fingerprint density at radius 2 is 1.95 bits per heavy atom. The van der Waals surface area contributed by atoms with Crippen LogP contribution in [0.5, 0.6) is 0 Å². The van der Waals surface area contributed by atoms with Gasteiger partial charge in [0.25, 0.3) is 0 Å². The van der Waals surface area contributed by atoms with Gasteiger partial charge in [-0.25, -0.2) is 0 Å². The van der Waals surface area contributed by atoms with Crippen LogP contribution in [0.4, 0.5) is 0 Å². The average molecular weight is 334 g/mol. The summed E-state index contributed by atoms with van der Waals surface area (Å²) in [5, 5.41) is 18.5. The van der Waals surface area contributed by atoms with E-state index in [1.807, 2.05) is 6.92 Å². The van der Waals surface area contributed by atoms with Crippen molar-refractivity contribution in [2.24, 2.45) is 11.8 Å². The van der Waals surface area contributed by atoms with E-state index in [0.29, 0.717) is 13.1 Å². The number of rotatable bonds is 6. The molecule has 2 aliphatic rings. The van der Waals surface area contributed by atoms with E-state index < -0.39 is 0 Å². The fourth-order valence-electron chi connectivity index (χ4n) is 3.12. The summed E-state index contributed by atoms with van der Waals surface area (Å²) < 4.78 is 0. The third-order valence-corrected chi connectivity index (χ3v) is 4.47. The van der Waals surface area contributed by atoms with E-state index in [-0.39, 0.29) is 54.6 Å². The number of carbonyl (C=O) groups is 2. The molecule has 0 spiro atoms. The number of hydrogen-bond acceptors (Lipinski definition) is 4. The van der Waals surface area contributed by atoms with Crippen LogP contribution in [-0.4, -0.2) is 48.7 Å². The lowest BCUT2D eigenvalue weighted by atomic mass is 10.1. The fraction of sp³-hybridized carbons (Fsp3) is 0.867. The molecule has 2 fully saturated rings. The van der Waals surface area contributed by atoms with Gasteiger partial charge < -0.3 is 21.1 Å². The molecule has 0 bridgehead atoms. The molecule has 22 heavy (non-hydrogen) atoms. The molecule has 0 aromatic rings. The Morgan fingerprint density at radius 3 is 2.55 bits per heavy atom. The maximum absolute atomic E-state index is 12.0. The minimum absolute atomic E-state index is 0. The van der Waals surface area contributed by atoms with E-state index in [4.69, 9.17) is 0 Å². The zero-order chi connectivity index (χ0) is 15.2.